The standard InChI is InChI=1S/C17H23N3O2/c21-16(20-8-1-2-9-20)12-19-17(22)18-11-13-6-7-14-4-3-5-15(14)10-13/h6-7,10H,1-5,8-9,11-12H2,(H2,18,19,22). The number of carbonyl (C=O) groups excluding carboxylic acids is 2. The first-order chi connectivity index (χ1) is 10.7. The zero-order valence-electron chi connectivity index (χ0n) is 12.9. The van der Waals surface area contributed by atoms with Crippen LogP contribution in [0.5, 0.6) is 0 Å². The Morgan fingerprint density at radius 3 is 2.59 bits per heavy atom. The summed E-state index contributed by atoms with van der Waals surface area (Å²) in [6.45, 7) is 2.21. The molecule has 2 N–H and O–H groups in total. The van der Waals surface area contributed by atoms with Gasteiger partial charge in [-0.25, -0.2) is 4.79 Å². The zero-order valence-corrected chi connectivity index (χ0v) is 12.9. The maximum absolute atomic E-state index is 11.8. The molecule has 1 heterocycles. The van der Waals surface area contributed by atoms with Crippen LogP contribution in [0.25, 0.3) is 0 Å². The van der Waals surface area contributed by atoms with Crippen molar-refractivity contribution in [3.63, 3.8) is 0 Å². The second-order valence-electron chi connectivity index (χ2n) is 6.08. The molecule has 2 aliphatic rings. The Kier molecular flexibility index (Phi) is 4.61. The minimum absolute atomic E-state index is 0.00480. The van der Waals surface area contributed by atoms with E-state index < -0.39 is 0 Å². The molecule has 3 amide bonds. The molecule has 0 unspecified atom stereocenters. The number of rotatable bonds is 4. The number of nitrogens with one attached hydrogen (secondary N) is 2. The van der Waals surface area contributed by atoms with E-state index in [2.05, 4.69) is 28.8 Å². The van der Waals surface area contributed by atoms with Crippen molar-refractivity contribution in [1.29, 1.82) is 0 Å². The summed E-state index contributed by atoms with van der Waals surface area (Å²) in [6, 6.07) is 6.12. The third kappa shape index (κ3) is 3.59. The van der Waals surface area contributed by atoms with E-state index in [9.17, 15) is 9.59 Å². The van der Waals surface area contributed by atoms with Crippen LogP contribution in [0.1, 0.15) is 36.0 Å². The van der Waals surface area contributed by atoms with Crippen LogP contribution in [0, 0.1) is 0 Å². The number of aryl methyl sites for hydroxylation is 2. The first-order valence-electron chi connectivity index (χ1n) is 8.12. The number of hydrogen-bond acceptors (Lipinski definition) is 2. The van der Waals surface area contributed by atoms with Gasteiger partial charge in [-0.15, -0.1) is 0 Å². The number of benzene rings is 1. The van der Waals surface area contributed by atoms with Gasteiger partial charge in [-0.3, -0.25) is 4.79 Å². The largest absolute Gasteiger partial charge is 0.341 e. The smallest absolute Gasteiger partial charge is 0.315 e. The normalized spacial score (nSPS) is 16.5. The lowest BCUT2D eigenvalue weighted by Crippen LogP contribution is -2.42. The zero-order chi connectivity index (χ0) is 15.4. The molecule has 1 aliphatic heterocycles. The van der Waals surface area contributed by atoms with E-state index in [4.69, 9.17) is 0 Å². The summed E-state index contributed by atoms with van der Waals surface area (Å²) in [4.78, 5) is 25.4. The Morgan fingerprint density at radius 2 is 1.77 bits per heavy atom. The van der Waals surface area contributed by atoms with Crippen molar-refractivity contribution >= 4 is 11.9 Å². The van der Waals surface area contributed by atoms with Gasteiger partial charge < -0.3 is 15.5 Å². The molecule has 0 spiro atoms. The van der Waals surface area contributed by atoms with Crippen LogP contribution in [-0.2, 0) is 24.2 Å². The van der Waals surface area contributed by atoms with Crippen molar-refractivity contribution in [3.8, 4) is 0 Å². The number of nitrogens with zero attached hydrogens (tertiary/aromatic N) is 1. The number of urea groups is 1. The van der Waals surface area contributed by atoms with E-state index >= 15 is 0 Å². The molecule has 1 aromatic carbocycles. The number of hydrogen-bond donors (Lipinski definition) is 2. The third-order valence-electron chi connectivity index (χ3n) is 4.47. The van der Waals surface area contributed by atoms with Gasteiger partial charge in [-0.05, 0) is 48.8 Å². The number of amides is 3. The molecular formula is C17H23N3O2. The van der Waals surface area contributed by atoms with Gasteiger partial charge in [-0.2, -0.15) is 0 Å². The molecule has 1 aliphatic carbocycles. The molecule has 0 saturated carbocycles. The van der Waals surface area contributed by atoms with Crippen molar-refractivity contribution in [2.24, 2.45) is 0 Å². The van der Waals surface area contributed by atoms with Gasteiger partial charge in [0.1, 0.15) is 0 Å². The van der Waals surface area contributed by atoms with E-state index in [1.165, 1.54) is 24.0 Å². The molecule has 0 radical (unpaired) electrons. The van der Waals surface area contributed by atoms with Gasteiger partial charge in [-0.1, -0.05) is 18.2 Å². The number of likely N-dealkylation sites (tertiary alicyclic amines) is 1. The predicted molar refractivity (Wildman–Crippen MR) is 84.5 cm³/mol. The molecule has 118 valence electrons. The van der Waals surface area contributed by atoms with Gasteiger partial charge in [0.15, 0.2) is 0 Å². The molecule has 0 atom stereocenters. The summed E-state index contributed by atoms with van der Waals surface area (Å²) >= 11 is 0. The van der Waals surface area contributed by atoms with Gasteiger partial charge >= 0.3 is 6.03 Å². The lowest BCUT2D eigenvalue weighted by atomic mass is 10.1. The minimum atomic E-state index is -0.284. The molecule has 22 heavy (non-hydrogen) atoms. The topological polar surface area (TPSA) is 61.4 Å². The molecular weight excluding hydrogens is 278 g/mol. The second kappa shape index (κ2) is 6.81. The lowest BCUT2D eigenvalue weighted by molar-refractivity contribution is -0.128. The van der Waals surface area contributed by atoms with Gasteiger partial charge in [0.25, 0.3) is 0 Å². The third-order valence-corrected chi connectivity index (χ3v) is 4.47. The molecule has 5 heteroatoms. The van der Waals surface area contributed by atoms with Crippen LogP contribution in [0.15, 0.2) is 18.2 Å². The summed E-state index contributed by atoms with van der Waals surface area (Å²) in [5, 5.41) is 5.46. The Labute approximate surface area is 131 Å². The SMILES string of the molecule is O=C(NCC(=O)N1CCCC1)NCc1ccc2c(c1)CCC2. The maximum atomic E-state index is 11.8. The summed E-state index contributed by atoms with van der Waals surface area (Å²) in [5.74, 6) is 0.00480. The summed E-state index contributed by atoms with van der Waals surface area (Å²) in [7, 11) is 0. The van der Waals surface area contributed by atoms with Crippen LogP contribution < -0.4 is 10.6 Å². The molecule has 5 nitrogen and oxygen atoms in total. The van der Waals surface area contributed by atoms with Gasteiger partial charge in [0.05, 0.1) is 6.54 Å². The van der Waals surface area contributed by atoms with Crippen molar-refractivity contribution in [2.75, 3.05) is 19.6 Å². The van der Waals surface area contributed by atoms with Crippen molar-refractivity contribution in [3.05, 3.63) is 34.9 Å². The molecule has 1 aromatic rings. The highest BCUT2D eigenvalue weighted by Crippen LogP contribution is 2.22. The fourth-order valence-corrected chi connectivity index (χ4v) is 3.21. The van der Waals surface area contributed by atoms with Crippen molar-refractivity contribution in [2.45, 2.75) is 38.6 Å². The highest BCUT2D eigenvalue weighted by atomic mass is 16.2. The summed E-state index contributed by atoms with van der Waals surface area (Å²) < 4.78 is 0. The van der Waals surface area contributed by atoms with Crippen molar-refractivity contribution in [1.82, 2.24) is 15.5 Å². The quantitative estimate of drug-likeness (QED) is 0.887. The van der Waals surface area contributed by atoms with Crippen molar-refractivity contribution < 1.29 is 9.59 Å². The molecule has 3 rings (SSSR count). The summed E-state index contributed by atoms with van der Waals surface area (Å²) in [6.07, 6.45) is 5.67. The Morgan fingerprint density at radius 1 is 1.00 bits per heavy atom. The van der Waals surface area contributed by atoms with Crippen LogP contribution in [-0.4, -0.2) is 36.5 Å². The molecule has 1 saturated heterocycles. The van der Waals surface area contributed by atoms with Crippen LogP contribution in [0.3, 0.4) is 0 Å². The fraction of sp³-hybridized carbons (Fsp3) is 0.529. The number of carbonyl (C=O) groups is 2. The first kappa shape index (κ1) is 14.9. The molecule has 0 aromatic heterocycles. The highest BCUT2D eigenvalue weighted by molar-refractivity contribution is 5.84. The first-order valence-corrected chi connectivity index (χ1v) is 8.12. The van der Waals surface area contributed by atoms with Crippen LogP contribution in [0.4, 0.5) is 4.79 Å². The number of fused-ring (bicyclic) bond motifs is 1. The van der Waals surface area contributed by atoms with E-state index in [0.29, 0.717) is 6.54 Å². The minimum Gasteiger partial charge on any atom is -0.341 e. The molecule has 1 fully saturated rings. The fourth-order valence-electron chi connectivity index (χ4n) is 3.21. The average molecular weight is 301 g/mol. The maximum Gasteiger partial charge on any atom is 0.315 e. The Hall–Kier alpha value is -2.04. The van der Waals surface area contributed by atoms with E-state index in [1.807, 2.05) is 0 Å². The summed E-state index contributed by atoms with van der Waals surface area (Å²) in [5.41, 5.74) is 3.95. The highest BCUT2D eigenvalue weighted by Gasteiger charge is 2.18. The Balaban J connectivity index is 1.41. The van der Waals surface area contributed by atoms with E-state index in [1.54, 1.807) is 4.90 Å². The van der Waals surface area contributed by atoms with Crippen LogP contribution in [0.2, 0.25) is 0 Å². The van der Waals surface area contributed by atoms with Crippen LogP contribution >= 0.6 is 0 Å². The lowest BCUT2D eigenvalue weighted by Gasteiger charge is -2.15. The second-order valence-corrected chi connectivity index (χ2v) is 6.08. The van der Waals surface area contributed by atoms with Gasteiger partial charge in [0, 0.05) is 19.6 Å². The van der Waals surface area contributed by atoms with E-state index in [-0.39, 0.29) is 18.5 Å². The predicted octanol–water partition coefficient (Wildman–Crippen LogP) is 1.60. The van der Waals surface area contributed by atoms with E-state index in [0.717, 1.165) is 37.9 Å². The van der Waals surface area contributed by atoms with Gasteiger partial charge in [0.2, 0.25) is 5.91 Å². The molecule has 0 bridgehead atoms. The monoisotopic (exact) mass is 301 g/mol. The Bertz CT molecular complexity index is 565. The average Bonchev–Trinajstić information content (AvgIpc) is 3.20.